The van der Waals surface area contributed by atoms with Crippen molar-refractivity contribution in [3.63, 3.8) is 0 Å². The standard InChI is InChI=1S/C12H13N3/c13-11-7-4-8-14-12(11)15-9-10-5-2-1-3-6-10/h1-8H,9,13H2,(H,14,15). The van der Waals surface area contributed by atoms with Crippen molar-refractivity contribution in [1.82, 2.24) is 4.98 Å². The van der Waals surface area contributed by atoms with Crippen LogP contribution in [0.1, 0.15) is 5.56 Å². The molecule has 3 heteroatoms. The van der Waals surface area contributed by atoms with E-state index < -0.39 is 0 Å². The number of anilines is 2. The molecule has 0 radical (unpaired) electrons. The summed E-state index contributed by atoms with van der Waals surface area (Å²) in [5.74, 6) is 0.737. The van der Waals surface area contributed by atoms with E-state index in [4.69, 9.17) is 5.73 Å². The highest BCUT2D eigenvalue weighted by Gasteiger charge is 1.97. The van der Waals surface area contributed by atoms with Gasteiger partial charge in [-0.15, -0.1) is 0 Å². The molecule has 0 atom stereocenters. The number of benzene rings is 1. The van der Waals surface area contributed by atoms with E-state index in [1.807, 2.05) is 30.3 Å². The largest absolute Gasteiger partial charge is 0.396 e. The number of hydrogen-bond acceptors (Lipinski definition) is 3. The second-order valence-corrected chi connectivity index (χ2v) is 3.28. The Morgan fingerprint density at radius 2 is 1.87 bits per heavy atom. The normalized spacial score (nSPS) is 9.87. The average molecular weight is 199 g/mol. The van der Waals surface area contributed by atoms with Gasteiger partial charge in [0, 0.05) is 12.7 Å². The Labute approximate surface area is 89.0 Å². The van der Waals surface area contributed by atoms with Crippen LogP contribution in [0.15, 0.2) is 48.7 Å². The summed E-state index contributed by atoms with van der Waals surface area (Å²) in [6.45, 7) is 0.738. The van der Waals surface area contributed by atoms with E-state index in [2.05, 4.69) is 22.4 Å². The summed E-state index contributed by atoms with van der Waals surface area (Å²) in [6, 6.07) is 13.8. The quantitative estimate of drug-likeness (QED) is 0.797. The zero-order valence-electron chi connectivity index (χ0n) is 8.35. The van der Waals surface area contributed by atoms with E-state index in [0.29, 0.717) is 5.69 Å². The topological polar surface area (TPSA) is 50.9 Å². The maximum atomic E-state index is 5.76. The minimum absolute atomic E-state index is 0.674. The summed E-state index contributed by atoms with van der Waals surface area (Å²) in [6.07, 6.45) is 1.73. The third kappa shape index (κ3) is 2.47. The fourth-order valence-electron chi connectivity index (χ4n) is 1.35. The summed E-state index contributed by atoms with van der Waals surface area (Å²) in [7, 11) is 0. The van der Waals surface area contributed by atoms with Gasteiger partial charge in [-0.1, -0.05) is 30.3 Å². The lowest BCUT2D eigenvalue weighted by Crippen LogP contribution is -2.03. The van der Waals surface area contributed by atoms with Gasteiger partial charge in [0.05, 0.1) is 5.69 Å². The van der Waals surface area contributed by atoms with Gasteiger partial charge in [-0.25, -0.2) is 4.98 Å². The van der Waals surface area contributed by atoms with Crippen LogP contribution in [-0.4, -0.2) is 4.98 Å². The molecule has 0 aliphatic heterocycles. The highest BCUT2D eigenvalue weighted by atomic mass is 15.0. The second-order valence-electron chi connectivity index (χ2n) is 3.28. The van der Waals surface area contributed by atoms with Gasteiger partial charge >= 0.3 is 0 Å². The van der Waals surface area contributed by atoms with Crippen molar-refractivity contribution in [2.24, 2.45) is 0 Å². The van der Waals surface area contributed by atoms with Crippen molar-refractivity contribution < 1.29 is 0 Å². The number of nitrogens with two attached hydrogens (primary N) is 1. The molecule has 0 spiro atoms. The van der Waals surface area contributed by atoms with E-state index in [-0.39, 0.29) is 0 Å². The van der Waals surface area contributed by atoms with Gasteiger partial charge in [-0.3, -0.25) is 0 Å². The van der Waals surface area contributed by atoms with Crippen molar-refractivity contribution in [2.75, 3.05) is 11.1 Å². The van der Waals surface area contributed by atoms with Crippen LogP contribution < -0.4 is 11.1 Å². The van der Waals surface area contributed by atoms with E-state index >= 15 is 0 Å². The van der Waals surface area contributed by atoms with Crippen LogP contribution in [0.4, 0.5) is 11.5 Å². The molecule has 0 aliphatic carbocycles. The zero-order valence-corrected chi connectivity index (χ0v) is 8.35. The molecular weight excluding hydrogens is 186 g/mol. The maximum absolute atomic E-state index is 5.76. The lowest BCUT2D eigenvalue weighted by atomic mass is 10.2. The molecule has 2 rings (SSSR count). The summed E-state index contributed by atoms with van der Waals surface area (Å²) >= 11 is 0. The first kappa shape index (κ1) is 9.52. The Kier molecular flexibility index (Phi) is 2.83. The van der Waals surface area contributed by atoms with Crippen LogP contribution >= 0.6 is 0 Å². The highest BCUT2D eigenvalue weighted by Crippen LogP contribution is 2.13. The van der Waals surface area contributed by atoms with Gasteiger partial charge in [0.1, 0.15) is 5.82 Å². The van der Waals surface area contributed by atoms with Crippen LogP contribution in [0.25, 0.3) is 0 Å². The monoisotopic (exact) mass is 199 g/mol. The molecule has 1 aromatic heterocycles. The molecule has 1 aromatic carbocycles. The van der Waals surface area contributed by atoms with E-state index in [0.717, 1.165) is 12.4 Å². The highest BCUT2D eigenvalue weighted by molar-refractivity contribution is 5.60. The molecule has 0 bridgehead atoms. The maximum Gasteiger partial charge on any atom is 0.149 e. The molecule has 76 valence electrons. The minimum Gasteiger partial charge on any atom is -0.396 e. The fourth-order valence-corrected chi connectivity index (χ4v) is 1.35. The van der Waals surface area contributed by atoms with Crippen LogP contribution in [0.2, 0.25) is 0 Å². The summed E-state index contributed by atoms with van der Waals surface area (Å²) in [5, 5.41) is 3.19. The molecule has 0 amide bonds. The summed E-state index contributed by atoms with van der Waals surface area (Å²) < 4.78 is 0. The Balaban J connectivity index is 2.03. The van der Waals surface area contributed by atoms with Gasteiger partial charge in [0.15, 0.2) is 0 Å². The van der Waals surface area contributed by atoms with Crippen molar-refractivity contribution >= 4 is 11.5 Å². The molecule has 3 N–H and O–H groups in total. The number of hydrogen-bond donors (Lipinski definition) is 2. The third-order valence-corrected chi connectivity index (χ3v) is 2.14. The van der Waals surface area contributed by atoms with Crippen molar-refractivity contribution in [3.8, 4) is 0 Å². The molecule has 0 saturated heterocycles. The first-order valence-corrected chi connectivity index (χ1v) is 4.84. The molecule has 0 saturated carbocycles. The Bertz CT molecular complexity index is 426. The van der Waals surface area contributed by atoms with Crippen LogP contribution in [-0.2, 0) is 6.54 Å². The molecule has 0 unspecified atom stereocenters. The number of nitrogens with zero attached hydrogens (tertiary/aromatic N) is 1. The first-order valence-electron chi connectivity index (χ1n) is 4.84. The van der Waals surface area contributed by atoms with E-state index in [1.54, 1.807) is 6.20 Å². The summed E-state index contributed by atoms with van der Waals surface area (Å²) in [4.78, 5) is 4.16. The first-order chi connectivity index (χ1) is 7.36. The number of pyridine rings is 1. The van der Waals surface area contributed by atoms with Crippen LogP contribution in [0.3, 0.4) is 0 Å². The third-order valence-electron chi connectivity index (χ3n) is 2.14. The number of nitrogen functional groups attached to an aromatic ring is 1. The van der Waals surface area contributed by atoms with E-state index in [1.165, 1.54) is 5.56 Å². The second kappa shape index (κ2) is 4.46. The smallest absolute Gasteiger partial charge is 0.149 e. The van der Waals surface area contributed by atoms with Crippen LogP contribution in [0, 0.1) is 0 Å². The lowest BCUT2D eigenvalue weighted by molar-refractivity contribution is 1.11. The SMILES string of the molecule is Nc1cccnc1NCc1ccccc1. The molecule has 0 aliphatic rings. The fraction of sp³-hybridized carbons (Fsp3) is 0.0833. The number of nitrogens with one attached hydrogen (secondary N) is 1. The lowest BCUT2D eigenvalue weighted by Gasteiger charge is -2.07. The van der Waals surface area contributed by atoms with Gasteiger partial charge in [0.2, 0.25) is 0 Å². The number of rotatable bonds is 3. The van der Waals surface area contributed by atoms with Crippen LogP contribution in [0.5, 0.6) is 0 Å². The molecule has 1 heterocycles. The average Bonchev–Trinajstić information content (AvgIpc) is 2.29. The van der Waals surface area contributed by atoms with Crippen molar-refractivity contribution in [1.29, 1.82) is 0 Å². The molecule has 2 aromatic rings. The summed E-state index contributed by atoms with van der Waals surface area (Å²) in [5.41, 5.74) is 7.64. The molecular formula is C12H13N3. The van der Waals surface area contributed by atoms with E-state index in [9.17, 15) is 0 Å². The van der Waals surface area contributed by atoms with Gasteiger partial charge < -0.3 is 11.1 Å². The van der Waals surface area contributed by atoms with Gasteiger partial charge in [0.25, 0.3) is 0 Å². The molecule has 15 heavy (non-hydrogen) atoms. The van der Waals surface area contributed by atoms with Crippen molar-refractivity contribution in [3.05, 3.63) is 54.2 Å². The van der Waals surface area contributed by atoms with Gasteiger partial charge in [-0.2, -0.15) is 0 Å². The van der Waals surface area contributed by atoms with Crippen molar-refractivity contribution in [2.45, 2.75) is 6.54 Å². The Morgan fingerprint density at radius 1 is 1.07 bits per heavy atom. The van der Waals surface area contributed by atoms with Gasteiger partial charge in [-0.05, 0) is 17.7 Å². The number of aromatic nitrogens is 1. The zero-order chi connectivity index (χ0) is 10.5. The Hall–Kier alpha value is -2.03. The predicted octanol–water partition coefficient (Wildman–Crippen LogP) is 2.28. The Morgan fingerprint density at radius 3 is 2.60 bits per heavy atom. The molecule has 0 fully saturated rings. The minimum atomic E-state index is 0.674. The predicted molar refractivity (Wildman–Crippen MR) is 62.4 cm³/mol. The molecule has 3 nitrogen and oxygen atoms in total.